The molecular weight excluding hydrogens is 541 g/mol. The van der Waals surface area contributed by atoms with Gasteiger partial charge in [0.05, 0.1) is 11.4 Å². The van der Waals surface area contributed by atoms with Gasteiger partial charge in [0.25, 0.3) is 5.91 Å². The first-order valence-electron chi connectivity index (χ1n) is 12.0. The molecule has 10 heteroatoms. The molecule has 0 bridgehead atoms. The fourth-order valence-electron chi connectivity index (χ4n) is 3.92. The fraction of sp³-hybridized carbons (Fsp3) is 0.250. The maximum atomic E-state index is 13.4. The van der Waals surface area contributed by atoms with E-state index in [1.165, 1.54) is 0 Å². The summed E-state index contributed by atoms with van der Waals surface area (Å²) in [5, 5.41) is 7.57. The van der Waals surface area contributed by atoms with Gasteiger partial charge in [-0.2, -0.15) is 0 Å². The summed E-state index contributed by atoms with van der Waals surface area (Å²) < 4.78 is 5.75. The molecule has 1 amide bonds. The molecule has 38 heavy (non-hydrogen) atoms. The van der Waals surface area contributed by atoms with Gasteiger partial charge in [0.2, 0.25) is 6.17 Å². The maximum Gasteiger partial charge on any atom is 0.272 e. The molecule has 7 nitrogen and oxygen atoms in total. The fourth-order valence-corrected chi connectivity index (χ4v) is 4.50. The minimum absolute atomic E-state index is 0.265. The van der Waals surface area contributed by atoms with E-state index < -0.39 is 6.17 Å². The monoisotopic (exact) mass is 569 g/mol. The Kier molecular flexibility index (Phi) is 9.22. The number of aliphatic imine (C=N–C) groups is 1. The highest BCUT2D eigenvalue weighted by Gasteiger charge is 2.31. The van der Waals surface area contributed by atoms with Crippen molar-refractivity contribution in [2.75, 3.05) is 39.2 Å². The van der Waals surface area contributed by atoms with E-state index in [4.69, 9.17) is 45.1 Å². The van der Waals surface area contributed by atoms with Crippen LogP contribution < -0.4 is 20.3 Å². The molecule has 3 aromatic rings. The maximum absolute atomic E-state index is 13.4. The Morgan fingerprint density at radius 2 is 1.82 bits per heavy atom. The van der Waals surface area contributed by atoms with Crippen molar-refractivity contribution >= 4 is 57.8 Å². The number of nitrogens with one attached hydrogen (secondary N) is 2. The number of carbonyl (C=O) groups excluding carboxylic acids is 1. The smallest absolute Gasteiger partial charge is 0.272 e. The van der Waals surface area contributed by atoms with Gasteiger partial charge in [0.1, 0.15) is 12.4 Å². The van der Waals surface area contributed by atoms with Gasteiger partial charge in [-0.15, -0.1) is 0 Å². The summed E-state index contributed by atoms with van der Waals surface area (Å²) in [6, 6.07) is 20.5. The van der Waals surface area contributed by atoms with Gasteiger partial charge in [-0.25, -0.2) is 4.99 Å². The van der Waals surface area contributed by atoms with E-state index in [0.717, 1.165) is 17.9 Å². The summed E-state index contributed by atoms with van der Waals surface area (Å²) in [6.45, 7) is 1.93. The zero-order chi connectivity index (χ0) is 27.2. The van der Waals surface area contributed by atoms with Crippen molar-refractivity contribution in [2.24, 2.45) is 4.99 Å². The third-order valence-corrected chi connectivity index (χ3v) is 6.81. The minimum Gasteiger partial charge on any atom is -0.492 e. The topological polar surface area (TPSA) is 69.2 Å². The van der Waals surface area contributed by atoms with E-state index in [1.807, 2.05) is 56.6 Å². The molecule has 0 saturated heterocycles. The Hall–Kier alpha value is -3.17. The number of carbonyl (C=O) groups is 1. The van der Waals surface area contributed by atoms with Crippen molar-refractivity contribution in [3.8, 4) is 5.75 Å². The molecule has 1 atom stereocenters. The van der Waals surface area contributed by atoms with Crippen molar-refractivity contribution in [1.82, 2.24) is 15.5 Å². The number of halogens is 2. The number of hydrogen-bond acceptors (Lipinski definition) is 5. The highest BCUT2D eigenvalue weighted by Crippen LogP contribution is 2.31. The predicted molar refractivity (Wildman–Crippen MR) is 159 cm³/mol. The van der Waals surface area contributed by atoms with Gasteiger partial charge in [-0.1, -0.05) is 53.5 Å². The first kappa shape index (κ1) is 27.9. The molecule has 1 aliphatic rings. The molecule has 4 rings (SSSR count). The molecule has 1 heterocycles. The number of rotatable bonds is 8. The number of fused-ring (bicyclic) bond motifs is 1. The number of amides is 1. The SMILES string of the molecule is CN(C)CCOc1ccc(CNC(=S)NC2N=C(c3ccccc3Cl)c3cc(Cl)ccc3N(C)C2=O)cc1. The number of benzene rings is 3. The number of nitrogens with zero attached hydrogens (tertiary/aromatic N) is 3. The summed E-state index contributed by atoms with van der Waals surface area (Å²) >= 11 is 18.4. The van der Waals surface area contributed by atoms with Gasteiger partial charge >= 0.3 is 0 Å². The number of ether oxygens (including phenoxy) is 1. The molecule has 0 fully saturated rings. The van der Waals surface area contributed by atoms with Gasteiger partial charge in [-0.05, 0) is 68.3 Å². The second kappa shape index (κ2) is 12.6. The van der Waals surface area contributed by atoms with Crippen LogP contribution in [0.3, 0.4) is 0 Å². The summed E-state index contributed by atoms with van der Waals surface area (Å²) in [4.78, 5) is 21.8. The van der Waals surface area contributed by atoms with Crippen molar-refractivity contribution in [3.05, 3.63) is 93.5 Å². The zero-order valence-electron chi connectivity index (χ0n) is 21.4. The van der Waals surface area contributed by atoms with Crippen LogP contribution in [0.4, 0.5) is 5.69 Å². The van der Waals surface area contributed by atoms with Crippen LogP contribution in [0.5, 0.6) is 5.75 Å². The lowest BCUT2D eigenvalue weighted by Crippen LogP contribution is -2.49. The summed E-state index contributed by atoms with van der Waals surface area (Å²) in [6.07, 6.45) is -0.968. The normalized spacial score (nSPS) is 15.0. The highest BCUT2D eigenvalue weighted by atomic mass is 35.5. The van der Waals surface area contributed by atoms with Crippen LogP contribution >= 0.6 is 35.4 Å². The standard InChI is InChI=1S/C28H29Cl2N5O2S/c1-34(2)14-15-37-20-11-8-18(9-12-20)17-31-28(38)33-26-27(36)35(3)24-13-10-19(29)16-22(24)25(32-26)21-6-4-5-7-23(21)30/h4-13,16,26H,14-15,17H2,1-3H3,(H2,31,33,38). The Bertz CT molecular complexity index is 1350. The number of benzodiazepines with no additional fused rings is 1. The third-order valence-electron chi connectivity index (χ3n) is 5.98. The predicted octanol–water partition coefficient (Wildman–Crippen LogP) is 4.74. The summed E-state index contributed by atoms with van der Waals surface area (Å²) in [5.74, 6) is 0.545. The second-order valence-corrected chi connectivity index (χ2v) is 10.3. The van der Waals surface area contributed by atoms with Crippen molar-refractivity contribution in [3.63, 3.8) is 0 Å². The first-order valence-corrected chi connectivity index (χ1v) is 13.2. The lowest BCUT2D eigenvalue weighted by Gasteiger charge is -2.22. The van der Waals surface area contributed by atoms with E-state index in [-0.39, 0.29) is 5.91 Å². The quantitative estimate of drug-likeness (QED) is 0.382. The average Bonchev–Trinajstić information content (AvgIpc) is 2.99. The number of thiocarbonyl (C=S) groups is 1. The van der Waals surface area contributed by atoms with E-state index >= 15 is 0 Å². The Balaban J connectivity index is 1.50. The van der Waals surface area contributed by atoms with Gasteiger partial charge in [-0.3, -0.25) is 4.79 Å². The molecule has 0 saturated carbocycles. The van der Waals surface area contributed by atoms with Gasteiger partial charge in [0.15, 0.2) is 5.11 Å². The van der Waals surface area contributed by atoms with Crippen LogP contribution in [0.25, 0.3) is 0 Å². The van der Waals surface area contributed by atoms with Crippen LogP contribution in [0, 0.1) is 0 Å². The third kappa shape index (κ3) is 6.82. The molecule has 1 unspecified atom stereocenters. The van der Waals surface area contributed by atoms with Gasteiger partial charge in [0, 0.05) is 41.3 Å². The number of hydrogen-bond donors (Lipinski definition) is 2. The van der Waals surface area contributed by atoms with E-state index in [9.17, 15) is 4.79 Å². The van der Waals surface area contributed by atoms with Crippen molar-refractivity contribution < 1.29 is 9.53 Å². The van der Waals surface area contributed by atoms with Crippen LogP contribution in [-0.4, -0.2) is 62.1 Å². The van der Waals surface area contributed by atoms with Crippen LogP contribution in [0.2, 0.25) is 10.0 Å². The lowest BCUT2D eigenvalue weighted by molar-refractivity contribution is -0.119. The summed E-state index contributed by atoms with van der Waals surface area (Å²) in [7, 11) is 5.72. The molecule has 0 aromatic heterocycles. The Morgan fingerprint density at radius 3 is 2.53 bits per heavy atom. The van der Waals surface area contributed by atoms with E-state index in [2.05, 4.69) is 15.5 Å². The minimum atomic E-state index is -0.968. The lowest BCUT2D eigenvalue weighted by atomic mass is 10.00. The largest absolute Gasteiger partial charge is 0.492 e. The van der Waals surface area contributed by atoms with Crippen molar-refractivity contribution in [2.45, 2.75) is 12.7 Å². The number of likely N-dealkylation sites (N-methyl/N-ethyl adjacent to an activating group) is 2. The second-order valence-electron chi connectivity index (χ2n) is 9.04. The van der Waals surface area contributed by atoms with E-state index in [1.54, 1.807) is 36.2 Å². The summed E-state index contributed by atoms with van der Waals surface area (Å²) in [5.41, 5.74) is 3.64. The van der Waals surface area contributed by atoms with E-state index in [0.29, 0.717) is 50.8 Å². The zero-order valence-corrected chi connectivity index (χ0v) is 23.7. The molecule has 1 aliphatic heterocycles. The molecule has 198 valence electrons. The van der Waals surface area contributed by atoms with Gasteiger partial charge < -0.3 is 25.2 Å². The molecule has 3 aromatic carbocycles. The Morgan fingerprint density at radius 1 is 1.08 bits per heavy atom. The average molecular weight is 571 g/mol. The number of anilines is 1. The highest BCUT2D eigenvalue weighted by molar-refractivity contribution is 7.80. The van der Waals surface area contributed by atoms with Crippen LogP contribution in [-0.2, 0) is 11.3 Å². The first-order chi connectivity index (χ1) is 18.2. The molecule has 0 radical (unpaired) electrons. The molecule has 0 spiro atoms. The Labute approximate surface area is 238 Å². The molecular formula is C28H29Cl2N5O2S. The van der Waals surface area contributed by atoms with Crippen molar-refractivity contribution in [1.29, 1.82) is 0 Å². The molecule has 2 N–H and O–H groups in total. The van der Waals surface area contributed by atoms with Crippen LogP contribution in [0.15, 0.2) is 71.7 Å². The van der Waals surface area contributed by atoms with Crippen LogP contribution in [0.1, 0.15) is 16.7 Å². The molecule has 0 aliphatic carbocycles.